The Bertz CT molecular complexity index is 364. The third-order valence-corrected chi connectivity index (χ3v) is 3.12. The van der Waals surface area contributed by atoms with Gasteiger partial charge < -0.3 is 14.6 Å². The Hall–Kier alpha value is -0.940. The van der Waals surface area contributed by atoms with Crippen LogP contribution in [0.1, 0.15) is 50.9 Å². The van der Waals surface area contributed by atoms with Gasteiger partial charge >= 0.3 is 0 Å². The van der Waals surface area contributed by atoms with Crippen LogP contribution in [0.4, 0.5) is 0 Å². The quantitative estimate of drug-likeness (QED) is 0.872. The summed E-state index contributed by atoms with van der Waals surface area (Å²) in [4.78, 5) is 4.49. The molecule has 5 nitrogen and oxygen atoms in total. The van der Waals surface area contributed by atoms with Crippen LogP contribution in [0.5, 0.6) is 0 Å². The summed E-state index contributed by atoms with van der Waals surface area (Å²) in [7, 11) is 1.68. The number of ether oxygens (including phenoxy) is 1. The highest BCUT2D eigenvalue weighted by Gasteiger charge is 2.32. The van der Waals surface area contributed by atoms with E-state index in [1.54, 1.807) is 7.11 Å². The van der Waals surface area contributed by atoms with Crippen molar-refractivity contribution in [3.8, 4) is 0 Å². The number of rotatable bonds is 3. The molecule has 2 rings (SSSR count). The summed E-state index contributed by atoms with van der Waals surface area (Å²) in [6, 6.07) is 0. The third kappa shape index (κ3) is 2.66. The van der Waals surface area contributed by atoms with Crippen molar-refractivity contribution in [1.29, 1.82) is 0 Å². The highest BCUT2D eigenvalue weighted by Crippen LogP contribution is 2.34. The van der Waals surface area contributed by atoms with Gasteiger partial charge in [0.15, 0.2) is 0 Å². The van der Waals surface area contributed by atoms with Gasteiger partial charge in [0.25, 0.3) is 0 Å². The zero-order valence-electron chi connectivity index (χ0n) is 11.0. The Balaban J connectivity index is 2.16. The van der Waals surface area contributed by atoms with Crippen LogP contribution in [0, 0.1) is 5.41 Å². The summed E-state index contributed by atoms with van der Waals surface area (Å²) >= 11 is 0. The summed E-state index contributed by atoms with van der Waals surface area (Å²) in [6.45, 7) is 8.27. The molecule has 1 aromatic rings. The second-order valence-corrected chi connectivity index (χ2v) is 5.66. The van der Waals surface area contributed by atoms with Crippen molar-refractivity contribution in [3.05, 3.63) is 11.7 Å². The number of methoxy groups -OCH3 is 1. The van der Waals surface area contributed by atoms with E-state index >= 15 is 0 Å². The number of nitrogens with zero attached hydrogens (tertiary/aromatic N) is 2. The van der Waals surface area contributed by atoms with Gasteiger partial charge in [-0.15, -0.1) is 0 Å². The lowest BCUT2D eigenvalue weighted by Gasteiger charge is -2.26. The van der Waals surface area contributed by atoms with Gasteiger partial charge in [-0.1, -0.05) is 25.9 Å². The van der Waals surface area contributed by atoms with E-state index in [-0.39, 0.29) is 11.5 Å². The van der Waals surface area contributed by atoms with Crippen molar-refractivity contribution in [2.75, 3.05) is 20.2 Å². The van der Waals surface area contributed by atoms with E-state index in [0.29, 0.717) is 11.7 Å². The first-order chi connectivity index (χ1) is 8.02. The predicted octanol–water partition coefficient (Wildman–Crippen LogP) is 1.88. The van der Waals surface area contributed by atoms with Crippen LogP contribution in [0.2, 0.25) is 0 Å². The number of aromatic nitrogens is 2. The first-order valence-corrected chi connectivity index (χ1v) is 6.09. The fraction of sp³-hybridized carbons (Fsp3) is 0.833. The predicted molar refractivity (Wildman–Crippen MR) is 63.7 cm³/mol. The molecule has 5 heteroatoms. The van der Waals surface area contributed by atoms with Gasteiger partial charge in [0.05, 0.1) is 5.92 Å². The molecule has 0 bridgehead atoms. The van der Waals surface area contributed by atoms with Crippen LogP contribution in [0.15, 0.2) is 4.52 Å². The fourth-order valence-corrected chi connectivity index (χ4v) is 2.23. The molecular weight excluding hydrogens is 218 g/mol. The van der Waals surface area contributed by atoms with Crippen molar-refractivity contribution in [1.82, 2.24) is 15.5 Å². The van der Waals surface area contributed by atoms with Crippen LogP contribution >= 0.6 is 0 Å². The Kier molecular flexibility index (Phi) is 3.49. The van der Waals surface area contributed by atoms with Gasteiger partial charge in [-0.2, -0.15) is 4.98 Å². The van der Waals surface area contributed by atoms with Gasteiger partial charge in [0.2, 0.25) is 11.7 Å². The van der Waals surface area contributed by atoms with E-state index in [1.165, 1.54) is 0 Å². The van der Waals surface area contributed by atoms with Crippen molar-refractivity contribution >= 4 is 0 Å². The molecule has 1 aliphatic rings. The molecule has 0 aromatic carbocycles. The normalized spacial score (nSPS) is 22.9. The molecule has 2 atom stereocenters. The number of hydrogen-bond acceptors (Lipinski definition) is 5. The van der Waals surface area contributed by atoms with Gasteiger partial charge in [-0.25, -0.2) is 0 Å². The van der Waals surface area contributed by atoms with E-state index in [2.05, 4.69) is 36.2 Å². The lowest BCUT2D eigenvalue weighted by atomic mass is 9.88. The molecule has 2 unspecified atom stereocenters. The first-order valence-electron chi connectivity index (χ1n) is 6.09. The Morgan fingerprint density at radius 3 is 2.76 bits per heavy atom. The maximum absolute atomic E-state index is 5.48. The second-order valence-electron chi connectivity index (χ2n) is 5.66. The van der Waals surface area contributed by atoms with Crippen molar-refractivity contribution < 1.29 is 9.26 Å². The average molecular weight is 239 g/mol. The van der Waals surface area contributed by atoms with Crippen LogP contribution < -0.4 is 5.32 Å². The smallest absolute Gasteiger partial charge is 0.231 e. The van der Waals surface area contributed by atoms with E-state index < -0.39 is 0 Å². The van der Waals surface area contributed by atoms with Gasteiger partial charge in [-0.3, -0.25) is 0 Å². The Morgan fingerprint density at radius 2 is 2.24 bits per heavy atom. The molecule has 0 aliphatic carbocycles. The number of hydrogen-bond donors (Lipinski definition) is 1. The molecular formula is C12H21N3O2. The molecule has 0 spiro atoms. The second kappa shape index (κ2) is 4.74. The van der Waals surface area contributed by atoms with E-state index in [0.717, 1.165) is 25.4 Å². The van der Waals surface area contributed by atoms with Crippen molar-refractivity contribution in [2.24, 2.45) is 5.41 Å². The average Bonchev–Trinajstić information content (AvgIpc) is 2.84. The minimum absolute atomic E-state index is 0.0379. The van der Waals surface area contributed by atoms with E-state index in [9.17, 15) is 0 Å². The monoisotopic (exact) mass is 239 g/mol. The van der Waals surface area contributed by atoms with Gasteiger partial charge in [0, 0.05) is 13.7 Å². The molecule has 0 saturated carbocycles. The van der Waals surface area contributed by atoms with Crippen molar-refractivity contribution in [3.63, 3.8) is 0 Å². The summed E-state index contributed by atoms with van der Waals surface area (Å²) in [5.74, 6) is 1.74. The first kappa shape index (κ1) is 12.5. The van der Waals surface area contributed by atoms with Gasteiger partial charge in [-0.05, 0) is 18.4 Å². The SMILES string of the molecule is COC(c1noc(C2CCNC2)n1)C(C)(C)C. The lowest BCUT2D eigenvalue weighted by molar-refractivity contribution is 0.00718. The fourth-order valence-electron chi connectivity index (χ4n) is 2.23. The van der Waals surface area contributed by atoms with E-state index in [4.69, 9.17) is 9.26 Å². The lowest BCUT2D eigenvalue weighted by Crippen LogP contribution is -2.21. The van der Waals surface area contributed by atoms with Crippen LogP contribution in [-0.2, 0) is 4.74 Å². The topological polar surface area (TPSA) is 60.2 Å². The Labute approximate surface area is 102 Å². The minimum Gasteiger partial charge on any atom is -0.373 e. The minimum atomic E-state index is -0.130. The highest BCUT2D eigenvalue weighted by molar-refractivity contribution is 5.02. The highest BCUT2D eigenvalue weighted by atomic mass is 16.5. The summed E-state index contributed by atoms with van der Waals surface area (Å²) in [5.41, 5.74) is -0.0379. The van der Waals surface area contributed by atoms with E-state index in [1.807, 2.05) is 0 Å². The molecule has 0 amide bonds. The zero-order chi connectivity index (χ0) is 12.5. The molecule has 0 radical (unpaired) electrons. The van der Waals surface area contributed by atoms with Crippen molar-refractivity contribution in [2.45, 2.75) is 39.2 Å². The largest absolute Gasteiger partial charge is 0.373 e. The zero-order valence-corrected chi connectivity index (χ0v) is 11.0. The van der Waals surface area contributed by atoms with Crippen LogP contribution in [0.25, 0.3) is 0 Å². The van der Waals surface area contributed by atoms with Crippen LogP contribution in [0.3, 0.4) is 0 Å². The molecule has 2 heterocycles. The molecule has 17 heavy (non-hydrogen) atoms. The molecule has 96 valence electrons. The molecule has 1 fully saturated rings. The molecule has 1 N–H and O–H groups in total. The summed E-state index contributed by atoms with van der Waals surface area (Å²) in [5, 5.41) is 7.35. The third-order valence-electron chi connectivity index (χ3n) is 3.12. The van der Waals surface area contributed by atoms with Gasteiger partial charge in [0.1, 0.15) is 6.10 Å². The Morgan fingerprint density at radius 1 is 1.47 bits per heavy atom. The van der Waals surface area contributed by atoms with Crippen LogP contribution in [-0.4, -0.2) is 30.3 Å². The standard InChI is InChI=1S/C12H21N3O2/c1-12(2,3)9(16-4)10-14-11(17-15-10)8-5-6-13-7-8/h8-9,13H,5-7H2,1-4H3. The molecule has 1 aromatic heterocycles. The molecule has 1 saturated heterocycles. The molecule has 1 aliphatic heterocycles. The summed E-state index contributed by atoms with van der Waals surface area (Å²) < 4.78 is 10.8. The summed E-state index contributed by atoms with van der Waals surface area (Å²) in [6.07, 6.45) is 0.934. The maximum atomic E-state index is 5.48. The number of nitrogens with one attached hydrogen (secondary N) is 1. The maximum Gasteiger partial charge on any atom is 0.231 e.